The number of aliphatic hydroxyl groups is 3. The molecule has 0 aromatic rings. The fraction of sp³-hybridized carbons (Fsp3) is 0.857. The van der Waals surface area contributed by atoms with Gasteiger partial charge in [-0.15, -0.1) is 0 Å². The Labute approximate surface area is 171 Å². The van der Waals surface area contributed by atoms with Gasteiger partial charge in [0, 0.05) is 6.42 Å². The summed E-state index contributed by atoms with van der Waals surface area (Å²) in [5, 5.41) is 32.4. The molecule has 0 aromatic carbocycles. The van der Waals surface area contributed by atoms with Gasteiger partial charge in [0.25, 0.3) is 0 Å². The van der Waals surface area contributed by atoms with Crippen LogP contribution in [0.25, 0.3) is 0 Å². The highest BCUT2D eigenvalue weighted by molar-refractivity contribution is 5.72. The van der Waals surface area contributed by atoms with Crippen molar-refractivity contribution in [2.75, 3.05) is 13.2 Å². The number of hydrogen-bond acceptors (Lipinski definition) is 6. The van der Waals surface area contributed by atoms with Crippen LogP contribution < -0.4 is 0 Å². The lowest BCUT2D eigenvalue weighted by atomic mass is 10.1. The molecule has 0 spiro atoms. The van der Waals surface area contributed by atoms with E-state index in [-0.39, 0.29) is 24.8 Å². The second kappa shape index (κ2) is 30.4. The van der Waals surface area contributed by atoms with Crippen LogP contribution in [-0.2, 0) is 14.4 Å². The molecule has 4 N–H and O–H groups in total. The minimum Gasteiger partial charge on any atom is -0.481 e. The van der Waals surface area contributed by atoms with Crippen molar-refractivity contribution in [2.45, 2.75) is 105 Å². The molecule has 0 radical (unpaired) electrons. The lowest BCUT2D eigenvalue weighted by molar-refractivity contribution is -0.137. The molecule has 0 rings (SSSR count). The number of aliphatic carboxylic acids is 1. The quantitative estimate of drug-likeness (QED) is 0.363. The van der Waals surface area contributed by atoms with Gasteiger partial charge in [0.2, 0.25) is 0 Å². The average molecular weight is 409 g/mol. The van der Waals surface area contributed by atoms with Crippen LogP contribution in [0.2, 0.25) is 0 Å². The Bertz CT molecular complexity index is 320. The fourth-order valence-corrected chi connectivity index (χ4v) is 1.64. The van der Waals surface area contributed by atoms with E-state index in [2.05, 4.69) is 6.92 Å². The summed E-state index contributed by atoms with van der Waals surface area (Å²) in [6, 6.07) is 0. The predicted octanol–water partition coefficient (Wildman–Crippen LogP) is 3.51. The standard InChI is InChI=1S/C12H24O2.C3H8O3.2C3H6O/c1-2-3-4-5-6-7-8-9-10-11-12(13)14;4-1-3(6)2-5;2*1-3(2)4/h2-11H2,1H3,(H,13,14);3-6H,1-2H2;2*1-2H3. The molecule has 170 valence electrons. The SMILES string of the molecule is CC(C)=O.CC(C)=O.CCCCCCCCCCCC(=O)O.OCC(O)CO. The van der Waals surface area contributed by atoms with Gasteiger partial charge < -0.3 is 30.0 Å². The average Bonchev–Trinajstić information content (AvgIpc) is 2.59. The summed E-state index contributed by atoms with van der Waals surface area (Å²) in [7, 11) is 0. The summed E-state index contributed by atoms with van der Waals surface area (Å²) in [6.45, 7) is 7.61. The van der Waals surface area contributed by atoms with Crippen LogP contribution in [-0.4, -0.2) is 57.3 Å². The number of ketones is 2. The highest BCUT2D eigenvalue weighted by Gasteiger charge is 1.96. The summed E-state index contributed by atoms with van der Waals surface area (Å²) in [4.78, 5) is 29.1. The molecule has 0 atom stereocenters. The summed E-state index contributed by atoms with van der Waals surface area (Å²) < 4.78 is 0. The molecule has 28 heavy (non-hydrogen) atoms. The largest absolute Gasteiger partial charge is 0.481 e. The minimum absolute atomic E-state index is 0.167. The molecule has 7 heteroatoms. The normalized spacial score (nSPS) is 9.18. The highest BCUT2D eigenvalue weighted by Crippen LogP contribution is 2.10. The van der Waals surface area contributed by atoms with Crippen LogP contribution in [0.3, 0.4) is 0 Å². The molecule has 0 aliphatic carbocycles. The maximum absolute atomic E-state index is 10.2. The number of rotatable bonds is 12. The molecule has 0 aliphatic rings. The van der Waals surface area contributed by atoms with E-state index in [1.807, 2.05) is 0 Å². The first-order valence-corrected chi connectivity index (χ1v) is 10.1. The van der Waals surface area contributed by atoms with Crippen LogP contribution in [0.1, 0.15) is 98.8 Å². The Balaban J connectivity index is -0.000000169. The van der Waals surface area contributed by atoms with E-state index in [1.54, 1.807) is 0 Å². The summed E-state index contributed by atoms with van der Waals surface area (Å²) in [6.07, 6.45) is 10.5. The lowest BCUT2D eigenvalue weighted by Crippen LogP contribution is -2.15. The van der Waals surface area contributed by atoms with Gasteiger partial charge in [0.05, 0.1) is 13.2 Å². The van der Waals surface area contributed by atoms with Gasteiger partial charge >= 0.3 is 5.97 Å². The molecule has 0 unspecified atom stereocenters. The molecule has 0 amide bonds. The molecule has 0 heterocycles. The zero-order valence-corrected chi connectivity index (χ0v) is 18.6. The number of carboxylic acid groups (broad SMARTS) is 1. The molecule has 0 saturated heterocycles. The van der Waals surface area contributed by atoms with Gasteiger partial charge in [-0.2, -0.15) is 0 Å². The third-order valence-electron chi connectivity index (χ3n) is 2.92. The molecule has 0 aromatic heterocycles. The summed E-state index contributed by atoms with van der Waals surface area (Å²) >= 11 is 0. The van der Waals surface area contributed by atoms with E-state index in [1.165, 1.54) is 72.6 Å². The van der Waals surface area contributed by atoms with Crippen molar-refractivity contribution >= 4 is 17.5 Å². The number of Topliss-reactive ketones (excluding diaryl/α,β-unsaturated/α-hetero) is 2. The van der Waals surface area contributed by atoms with Gasteiger partial charge in [-0.3, -0.25) is 4.79 Å². The maximum atomic E-state index is 10.2. The van der Waals surface area contributed by atoms with E-state index in [9.17, 15) is 14.4 Å². The van der Waals surface area contributed by atoms with Crippen LogP contribution in [0.5, 0.6) is 0 Å². The molecule has 0 fully saturated rings. The Morgan fingerprint density at radius 2 is 0.964 bits per heavy atom. The van der Waals surface area contributed by atoms with E-state index < -0.39 is 12.1 Å². The van der Waals surface area contributed by atoms with E-state index >= 15 is 0 Å². The Morgan fingerprint density at radius 1 is 0.679 bits per heavy atom. The van der Waals surface area contributed by atoms with Crippen molar-refractivity contribution in [1.29, 1.82) is 0 Å². The number of unbranched alkanes of at least 4 members (excludes halogenated alkanes) is 8. The summed E-state index contributed by atoms with van der Waals surface area (Å²) in [5.41, 5.74) is 0. The third-order valence-corrected chi connectivity index (χ3v) is 2.92. The van der Waals surface area contributed by atoms with Crippen LogP contribution >= 0.6 is 0 Å². The molecule has 0 saturated carbocycles. The second-order valence-corrected chi connectivity index (χ2v) is 6.81. The number of carboxylic acids is 1. The smallest absolute Gasteiger partial charge is 0.303 e. The Morgan fingerprint density at radius 3 is 1.18 bits per heavy atom. The number of carbonyl (C=O) groups is 3. The number of carbonyl (C=O) groups excluding carboxylic acids is 2. The van der Waals surface area contributed by atoms with Gasteiger partial charge in [-0.05, 0) is 34.1 Å². The minimum atomic E-state index is -0.954. The van der Waals surface area contributed by atoms with Crippen molar-refractivity contribution in [1.82, 2.24) is 0 Å². The number of aliphatic hydroxyl groups excluding tert-OH is 3. The van der Waals surface area contributed by atoms with Crippen molar-refractivity contribution in [2.24, 2.45) is 0 Å². The molecular weight excluding hydrogens is 364 g/mol. The first-order chi connectivity index (χ1) is 13.0. The fourth-order valence-electron chi connectivity index (χ4n) is 1.64. The maximum Gasteiger partial charge on any atom is 0.303 e. The lowest BCUT2D eigenvalue weighted by Gasteiger charge is -2.00. The van der Waals surface area contributed by atoms with Gasteiger partial charge in [-0.1, -0.05) is 58.3 Å². The van der Waals surface area contributed by atoms with E-state index in [4.69, 9.17) is 20.4 Å². The monoisotopic (exact) mass is 408 g/mol. The van der Waals surface area contributed by atoms with Gasteiger partial charge in [-0.25, -0.2) is 0 Å². The molecule has 0 aliphatic heterocycles. The van der Waals surface area contributed by atoms with E-state index in [0.717, 1.165) is 12.8 Å². The molecule has 0 bridgehead atoms. The number of hydrogen-bond donors (Lipinski definition) is 4. The topological polar surface area (TPSA) is 132 Å². The highest BCUT2D eigenvalue weighted by atomic mass is 16.4. The van der Waals surface area contributed by atoms with Crippen molar-refractivity contribution in [3.05, 3.63) is 0 Å². The summed E-state index contributed by atoms with van der Waals surface area (Å²) in [5.74, 6) is -0.326. The Kier molecular flexibility index (Phi) is 37.2. The predicted molar refractivity (Wildman–Crippen MR) is 112 cm³/mol. The van der Waals surface area contributed by atoms with Crippen LogP contribution in [0.15, 0.2) is 0 Å². The van der Waals surface area contributed by atoms with Gasteiger partial charge in [0.15, 0.2) is 0 Å². The second-order valence-electron chi connectivity index (χ2n) is 6.81. The van der Waals surface area contributed by atoms with Crippen molar-refractivity contribution in [3.8, 4) is 0 Å². The first-order valence-electron chi connectivity index (χ1n) is 10.1. The van der Waals surface area contributed by atoms with Crippen LogP contribution in [0, 0.1) is 0 Å². The molecule has 7 nitrogen and oxygen atoms in total. The third kappa shape index (κ3) is 73.9. The van der Waals surface area contributed by atoms with Crippen molar-refractivity contribution < 1.29 is 34.8 Å². The van der Waals surface area contributed by atoms with Crippen LogP contribution in [0.4, 0.5) is 0 Å². The zero-order valence-electron chi connectivity index (χ0n) is 18.6. The first kappa shape index (κ1) is 34.2. The zero-order chi connectivity index (χ0) is 22.8. The van der Waals surface area contributed by atoms with Crippen molar-refractivity contribution in [3.63, 3.8) is 0 Å². The van der Waals surface area contributed by atoms with Gasteiger partial charge in [0.1, 0.15) is 17.7 Å². The molecular formula is C21H44O7. The Hall–Kier alpha value is -1.31. The van der Waals surface area contributed by atoms with E-state index in [0.29, 0.717) is 6.42 Å².